The van der Waals surface area contributed by atoms with Gasteiger partial charge < -0.3 is 4.74 Å². The molecule has 0 spiro atoms. The van der Waals surface area contributed by atoms with Crippen LogP contribution < -0.4 is 4.74 Å². The van der Waals surface area contributed by atoms with Crippen LogP contribution in [0.4, 0.5) is 17.1 Å². The van der Waals surface area contributed by atoms with Crippen LogP contribution in [-0.2, 0) is 0 Å². The molecule has 0 saturated carbocycles. The normalized spacial score (nSPS) is 9.71. The van der Waals surface area contributed by atoms with Crippen molar-refractivity contribution >= 4 is 17.1 Å². The first-order valence-electron chi connectivity index (χ1n) is 4.03. The molecule has 0 aromatic heterocycles. The second-order valence-electron chi connectivity index (χ2n) is 2.79. The highest BCUT2D eigenvalue weighted by Crippen LogP contribution is 2.39. The molecule has 0 N–H and O–H groups in total. The number of hydrogen-bond donors (Lipinski definition) is 0. The van der Waals surface area contributed by atoms with Crippen LogP contribution in [0.3, 0.4) is 0 Å². The maximum atomic E-state index is 10.6. The molecule has 0 amide bonds. The van der Waals surface area contributed by atoms with E-state index in [-0.39, 0.29) is 5.75 Å². The van der Waals surface area contributed by atoms with Crippen molar-refractivity contribution in [3.63, 3.8) is 0 Å². The SMILES string of the molecule is COc1cc([N+](=O)[O-])c([N+](=O)[O-])c([N+](=O)[O-])c1. The van der Waals surface area contributed by atoms with Crippen molar-refractivity contribution in [2.24, 2.45) is 0 Å². The Morgan fingerprint density at radius 3 is 1.59 bits per heavy atom. The fraction of sp³-hybridized carbons (Fsp3) is 0.143. The molecular weight excluding hydrogens is 238 g/mol. The fourth-order valence-electron chi connectivity index (χ4n) is 1.16. The molecule has 10 nitrogen and oxygen atoms in total. The van der Waals surface area contributed by atoms with Gasteiger partial charge >= 0.3 is 17.1 Å². The Morgan fingerprint density at radius 2 is 1.35 bits per heavy atom. The van der Waals surface area contributed by atoms with Gasteiger partial charge in [-0.05, 0) is 0 Å². The summed E-state index contributed by atoms with van der Waals surface area (Å²) in [4.78, 5) is 28.5. The minimum Gasteiger partial charge on any atom is -0.496 e. The first-order chi connectivity index (χ1) is 7.88. The average molecular weight is 243 g/mol. The molecule has 1 aromatic rings. The van der Waals surface area contributed by atoms with E-state index < -0.39 is 31.8 Å². The molecule has 0 aliphatic heterocycles. The molecule has 0 fully saturated rings. The summed E-state index contributed by atoms with van der Waals surface area (Å²) in [7, 11) is 1.13. The Labute approximate surface area is 92.9 Å². The van der Waals surface area contributed by atoms with Crippen molar-refractivity contribution in [3.8, 4) is 5.75 Å². The van der Waals surface area contributed by atoms with Crippen LogP contribution in [0.25, 0.3) is 0 Å². The third-order valence-electron chi connectivity index (χ3n) is 1.85. The highest BCUT2D eigenvalue weighted by molar-refractivity contribution is 5.68. The van der Waals surface area contributed by atoms with E-state index in [0.717, 1.165) is 19.2 Å². The second-order valence-corrected chi connectivity index (χ2v) is 2.79. The number of rotatable bonds is 4. The molecule has 0 bridgehead atoms. The van der Waals surface area contributed by atoms with Crippen LogP contribution in [0.15, 0.2) is 12.1 Å². The number of hydrogen-bond acceptors (Lipinski definition) is 7. The van der Waals surface area contributed by atoms with Gasteiger partial charge in [0.05, 0.1) is 34.0 Å². The summed E-state index contributed by atoms with van der Waals surface area (Å²) in [5, 5.41) is 31.8. The summed E-state index contributed by atoms with van der Waals surface area (Å²) in [6, 6.07) is 1.51. The number of nitro groups is 3. The summed E-state index contributed by atoms with van der Waals surface area (Å²) >= 11 is 0. The maximum absolute atomic E-state index is 10.6. The number of nitro benzene ring substituents is 3. The second kappa shape index (κ2) is 4.38. The Hall–Kier alpha value is -2.78. The average Bonchev–Trinajstić information content (AvgIpc) is 2.26. The summed E-state index contributed by atoms with van der Waals surface area (Å²) < 4.78 is 4.60. The quantitative estimate of drug-likeness (QED) is 0.575. The first kappa shape index (κ1) is 12.3. The maximum Gasteiger partial charge on any atom is 0.422 e. The zero-order valence-corrected chi connectivity index (χ0v) is 8.35. The van der Waals surface area contributed by atoms with E-state index >= 15 is 0 Å². The van der Waals surface area contributed by atoms with E-state index in [9.17, 15) is 30.3 Å². The predicted molar refractivity (Wildman–Crippen MR) is 53.0 cm³/mol. The van der Waals surface area contributed by atoms with Gasteiger partial charge in [-0.25, -0.2) is 0 Å². The lowest BCUT2D eigenvalue weighted by atomic mass is 10.2. The Morgan fingerprint density at radius 1 is 0.941 bits per heavy atom. The van der Waals surface area contributed by atoms with Gasteiger partial charge in [0.1, 0.15) is 5.75 Å². The lowest BCUT2D eigenvalue weighted by Gasteiger charge is -2.01. The topological polar surface area (TPSA) is 139 Å². The van der Waals surface area contributed by atoms with Crippen molar-refractivity contribution in [1.82, 2.24) is 0 Å². The molecule has 10 heteroatoms. The van der Waals surface area contributed by atoms with Crippen molar-refractivity contribution in [2.75, 3.05) is 7.11 Å². The summed E-state index contributed by atoms with van der Waals surface area (Å²) in [5.41, 5.74) is -3.14. The van der Waals surface area contributed by atoms with Crippen LogP contribution in [0, 0.1) is 30.3 Å². The van der Waals surface area contributed by atoms with Crippen molar-refractivity contribution in [3.05, 3.63) is 42.5 Å². The predicted octanol–water partition coefficient (Wildman–Crippen LogP) is 1.42. The summed E-state index contributed by atoms with van der Waals surface area (Å²) in [5.74, 6) is -0.200. The Bertz CT molecular complexity index is 477. The molecule has 0 atom stereocenters. The molecule has 1 aromatic carbocycles. The molecule has 90 valence electrons. The molecule has 1 rings (SSSR count). The molecule has 0 aliphatic rings. The van der Waals surface area contributed by atoms with Gasteiger partial charge in [-0.15, -0.1) is 0 Å². The van der Waals surface area contributed by atoms with E-state index in [1.807, 2.05) is 0 Å². The van der Waals surface area contributed by atoms with Crippen LogP contribution >= 0.6 is 0 Å². The standard InChI is InChI=1S/C7H5N3O7/c1-17-4-2-5(8(11)12)7(10(15)16)6(3-4)9(13)14/h2-3H,1H3. The van der Waals surface area contributed by atoms with Gasteiger partial charge in [0.15, 0.2) is 0 Å². The van der Waals surface area contributed by atoms with Crippen molar-refractivity contribution in [1.29, 1.82) is 0 Å². The zero-order valence-electron chi connectivity index (χ0n) is 8.35. The minimum absolute atomic E-state index is 0.200. The molecule has 0 aliphatic carbocycles. The van der Waals surface area contributed by atoms with Gasteiger partial charge in [0, 0.05) is 0 Å². The number of nitrogens with zero attached hydrogens (tertiary/aromatic N) is 3. The van der Waals surface area contributed by atoms with Gasteiger partial charge in [-0.2, -0.15) is 0 Å². The van der Waals surface area contributed by atoms with Crippen LogP contribution in [-0.4, -0.2) is 21.9 Å². The van der Waals surface area contributed by atoms with Gasteiger partial charge in [0.25, 0.3) is 0 Å². The molecule has 0 unspecified atom stereocenters. The van der Waals surface area contributed by atoms with Crippen LogP contribution in [0.5, 0.6) is 5.75 Å². The van der Waals surface area contributed by atoms with Gasteiger partial charge in [-0.3, -0.25) is 30.3 Å². The third kappa shape index (κ3) is 2.25. The third-order valence-corrected chi connectivity index (χ3v) is 1.85. The smallest absolute Gasteiger partial charge is 0.422 e. The number of methoxy groups -OCH3 is 1. The van der Waals surface area contributed by atoms with E-state index in [2.05, 4.69) is 4.74 Å². The fourth-order valence-corrected chi connectivity index (χ4v) is 1.16. The van der Waals surface area contributed by atoms with Crippen molar-refractivity contribution in [2.45, 2.75) is 0 Å². The molecule has 0 radical (unpaired) electrons. The Kier molecular flexibility index (Phi) is 3.17. The van der Waals surface area contributed by atoms with Crippen molar-refractivity contribution < 1.29 is 19.5 Å². The molecule has 0 saturated heterocycles. The molecule has 0 heterocycles. The number of ether oxygens (including phenoxy) is 1. The van der Waals surface area contributed by atoms with E-state index in [0.29, 0.717) is 0 Å². The highest BCUT2D eigenvalue weighted by Gasteiger charge is 2.37. The van der Waals surface area contributed by atoms with E-state index in [1.165, 1.54) is 0 Å². The summed E-state index contributed by atoms with van der Waals surface area (Å²) in [6.07, 6.45) is 0. The van der Waals surface area contributed by atoms with Crippen LogP contribution in [0.1, 0.15) is 0 Å². The van der Waals surface area contributed by atoms with Crippen LogP contribution in [0.2, 0.25) is 0 Å². The summed E-state index contributed by atoms with van der Waals surface area (Å²) in [6.45, 7) is 0. The lowest BCUT2D eigenvalue weighted by molar-refractivity contribution is -0.441. The molecular formula is C7H5N3O7. The number of benzene rings is 1. The zero-order chi connectivity index (χ0) is 13.2. The van der Waals surface area contributed by atoms with E-state index in [1.54, 1.807) is 0 Å². The Balaban J connectivity index is 3.67. The van der Waals surface area contributed by atoms with Gasteiger partial charge in [-0.1, -0.05) is 0 Å². The lowest BCUT2D eigenvalue weighted by Crippen LogP contribution is -2.02. The first-order valence-corrected chi connectivity index (χ1v) is 4.03. The highest BCUT2D eigenvalue weighted by atomic mass is 16.6. The minimum atomic E-state index is -1.17. The van der Waals surface area contributed by atoms with E-state index in [4.69, 9.17) is 0 Å². The largest absolute Gasteiger partial charge is 0.496 e. The molecule has 17 heavy (non-hydrogen) atoms. The van der Waals surface area contributed by atoms with Gasteiger partial charge in [0.2, 0.25) is 0 Å². The monoisotopic (exact) mass is 243 g/mol.